The Morgan fingerprint density at radius 3 is 2.33 bits per heavy atom. The molecule has 3 saturated carbocycles. The lowest BCUT2D eigenvalue weighted by Gasteiger charge is -2.58. The highest BCUT2D eigenvalue weighted by Crippen LogP contribution is 2.66. The maximum absolute atomic E-state index is 12.8. The van der Waals surface area contributed by atoms with E-state index >= 15 is 0 Å². The molecule has 0 aromatic rings. The topological polar surface area (TPSA) is 20.2 Å². The molecule has 0 radical (unpaired) electrons. The van der Waals surface area contributed by atoms with Gasteiger partial charge in [-0.3, -0.25) is 0 Å². The van der Waals surface area contributed by atoms with Crippen LogP contribution in [0.25, 0.3) is 0 Å². The van der Waals surface area contributed by atoms with Crippen molar-refractivity contribution in [1.82, 2.24) is 0 Å². The van der Waals surface area contributed by atoms with Gasteiger partial charge in [0, 0.05) is 6.42 Å². The van der Waals surface area contributed by atoms with Crippen molar-refractivity contribution < 1.29 is 31.4 Å². The van der Waals surface area contributed by atoms with Gasteiger partial charge in [0.05, 0.1) is 6.10 Å². The molecule has 4 aliphatic carbocycles. The molecule has 4 rings (SSSR count). The van der Waals surface area contributed by atoms with Gasteiger partial charge in [-0.05, 0) is 92.3 Å². The van der Waals surface area contributed by atoms with E-state index in [0.717, 1.165) is 51.4 Å². The highest BCUT2D eigenvalue weighted by Gasteiger charge is 2.58. The Kier molecular flexibility index (Phi) is 6.91. The normalized spacial score (nSPS) is 43.1. The van der Waals surface area contributed by atoms with Gasteiger partial charge in [0.2, 0.25) is 0 Å². The number of halogens is 6. The second-order valence-electron chi connectivity index (χ2n) is 10.4. The zero-order chi connectivity index (χ0) is 22.3. The fraction of sp³-hybridized carbons (Fsp3) is 0.913. The maximum atomic E-state index is 12.8. The Morgan fingerprint density at radius 1 is 1.03 bits per heavy atom. The SMILES string of the molecule is CC12CCC(O)CC1=CCC1C2CCC2(C)C(CCC(F)(F)F)CCC12.FC(F)F. The molecule has 7 atom stereocenters. The second-order valence-corrected chi connectivity index (χ2v) is 10.4. The van der Waals surface area contributed by atoms with Crippen molar-refractivity contribution in [3.05, 3.63) is 11.6 Å². The molecule has 0 aromatic heterocycles. The summed E-state index contributed by atoms with van der Waals surface area (Å²) in [6.45, 7) is 1.04. The van der Waals surface area contributed by atoms with Gasteiger partial charge in [-0.25, -0.2) is 0 Å². The molecular weight excluding hydrogens is 406 g/mol. The molecule has 0 aliphatic heterocycles. The largest absolute Gasteiger partial charge is 0.393 e. The molecule has 174 valence electrons. The Bertz CT molecular complexity index is 629. The summed E-state index contributed by atoms with van der Waals surface area (Å²) in [4.78, 5) is 0. The predicted octanol–water partition coefficient (Wildman–Crippen LogP) is 7.45. The number of hydrogen-bond donors (Lipinski definition) is 1. The third kappa shape index (κ3) is 4.71. The van der Waals surface area contributed by atoms with Gasteiger partial charge in [0.25, 0.3) is 0 Å². The van der Waals surface area contributed by atoms with Crippen molar-refractivity contribution in [2.75, 3.05) is 0 Å². The summed E-state index contributed by atoms with van der Waals surface area (Å²) in [5.41, 5.74) is 1.78. The summed E-state index contributed by atoms with van der Waals surface area (Å²) in [5.74, 6) is 2.12. The third-order valence-electron chi connectivity index (χ3n) is 9.05. The number of hydrogen-bond acceptors (Lipinski definition) is 1. The average Bonchev–Trinajstić information content (AvgIpc) is 2.96. The molecule has 0 amide bonds. The molecule has 0 heterocycles. The van der Waals surface area contributed by atoms with Crippen molar-refractivity contribution in [2.24, 2.45) is 34.5 Å². The van der Waals surface area contributed by atoms with E-state index in [4.69, 9.17) is 0 Å². The minimum atomic E-state index is -4.02. The number of aliphatic hydroxyl groups excluding tert-OH is 1. The standard InChI is InChI=1S/C22H33F3O.CHF3/c1-20-11-9-19-17(5-3-15-13-16(26)8-10-21(15,19)2)18(20)6-4-14(20)7-12-22(23,24)25;2-1(3)4/h3,14,16-19,26H,4-13H2,1-2H3;1H. The van der Waals surface area contributed by atoms with Gasteiger partial charge in [-0.1, -0.05) is 25.5 Å². The summed E-state index contributed by atoms with van der Waals surface area (Å²) in [6.07, 6.45) is 6.11. The van der Waals surface area contributed by atoms with Gasteiger partial charge in [-0.15, -0.1) is 0 Å². The zero-order valence-electron chi connectivity index (χ0n) is 17.8. The number of aliphatic hydroxyl groups is 1. The van der Waals surface area contributed by atoms with Crippen LogP contribution in [0.1, 0.15) is 78.1 Å². The summed E-state index contributed by atoms with van der Waals surface area (Å²) < 4.78 is 67.3. The van der Waals surface area contributed by atoms with E-state index in [2.05, 4.69) is 19.9 Å². The van der Waals surface area contributed by atoms with Crippen LogP contribution in [0, 0.1) is 34.5 Å². The Morgan fingerprint density at radius 2 is 1.70 bits per heavy atom. The smallest absolute Gasteiger partial charge is 0.389 e. The number of fused-ring (bicyclic) bond motifs is 5. The molecule has 1 nitrogen and oxygen atoms in total. The van der Waals surface area contributed by atoms with Gasteiger partial charge < -0.3 is 5.11 Å². The molecule has 3 fully saturated rings. The maximum Gasteiger partial charge on any atom is 0.389 e. The molecule has 0 bridgehead atoms. The molecular formula is C23H34F6O. The van der Waals surface area contributed by atoms with Crippen molar-refractivity contribution in [3.63, 3.8) is 0 Å². The summed E-state index contributed by atoms with van der Waals surface area (Å²) in [5, 5.41) is 10.1. The first-order chi connectivity index (χ1) is 13.9. The number of alkyl halides is 6. The van der Waals surface area contributed by atoms with E-state index in [1.165, 1.54) is 5.57 Å². The first-order valence-electron chi connectivity index (χ1n) is 11.2. The van der Waals surface area contributed by atoms with Crippen molar-refractivity contribution >= 4 is 0 Å². The second kappa shape index (κ2) is 8.67. The number of rotatable bonds is 2. The fourth-order valence-electron chi connectivity index (χ4n) is 7.56. The van der Waals surface area contributed by atoms with E-state index < -0.39 is 19.3 Å². The molecule has 0 saturated heterocycles. The van der Waals surface area contributed by atoms with Crippen LogP contribution in [-0.2, 0) is 0 Å². The van der Waals surface area contributed by atoms with E-state index in [9.17, 15) is 31.4 Å². The molecule has 7 heteroatoms. The Hall–Kier alpha value is -0.720. The van der Waals surface area contributed by atoms with Crippen LogP contribution in [0.2, 0.25) is 0 Å². The van der Waals surface area contributed by atoms with Crippen molar-refractivity contribution in [1.29, 1.82) is 0 Å². The van der Waals surface area contributed by atoms with Crippen LogP contribution >= 0.6 is 0 Å². The van der Waals surface area contributed by atoms with Crippen LogP contribution in [0.5, 0.6) is 0 Å². The lowest BCUT2D eigenvalue weighted by atomic mass is 9.47. The zero-order valence-corrected chi connectivity index (χ0v) is 17.8. The summed E-state index contributed by atoms with van der Waals surface area (Å²) in [7, 11) is 0. The molecule has 7 unspecified atom stereocenters. The predicted molar refractivity (Wildman–Crippen MR) is 104 cm³/mol. The van der Waals surface area contributed by atoms with Gasteiger partial charge in [0.1, 0.15) is 0 Å². The molecule has 30 heavy (non-hydrogen) atoms. The number of allylic oxidation sites excluding steroid dienone is 1. The fourth-order valence-corrected chi connectivity index (χ4v) is 7.56. The van der Waals surface area contributed by atoms with Crippen molar-refractivity contribution in [2.45, 2.75) is 97.0 Å². The first-order valence-corrected chi connectivity index (χ1v) is 11.2. The Labute approximate surface area is 175 Å². The van der Waals surface area contributed by atoms with Crippen LogP contribution in [0.3, 0.4) is 0 Å². The van der Waals surface area contributed by atoms with E-state index in [-0.39, 0.29) is 22.9 Å². The lowest BCUT2D eigenvalue weighted by molar-refractivity contribution is -0.141. The lowest BCUT2D eigenvalue weighted by Crippen LogP contribution is -2.50. The average molecular weight is 441 g/mol. The highest BCUT2D eigenvalue weighted by atomic mass is 19.4. The molecule has 4 aliphatic rings. The Balaban J connectivity index is 0.000000589. The minimum Gasteiger partial charge on any atom is -0.393 e. The summed E-state index contributed by atoms with van der Waals surface area (Å²) >= 11 is 0. The van der Waals surface area contributed by atoms with Crippen LogP contribution in [-0.4, -0.2) is 24.1 Å². The van der Waals surface area contributed by atoms with E-state index in [1.54, 1.807) is 0 Å². The van der Waals surface area contributed by atoms with Crippen LogP contribution in [0.15, 0.2) is 11.6 Å². The van der Waals surface area contributed by atoms with E-state index in [1.807, 2.05) is 0 Å². The minimum absolute atomic E-state index is 0.0995. The third-order valence-corrected chi connectivity index (χ3v) is 9.05. The van der Waals surface area contributed by atoms with Gasteiger partial charge in [-0.2, -0.15) is 26.3 Å². The van der Waals surface area contributed by atoms with Crippen LogP contribution in [0.4, 0.5) is 26.3 Å². The quantitative estimate of drug-likeness (QED) is 0.349. The van der Waals surface area contributed by atoms with E-state index in [0.29, 0.717) is 24.2 Å². The molecule has 1 N–H and O–H groups in total. The molecule has 0 spiro atoms. The first kappa shape index (κ1) is 23.9. The summed E-state index contributed by atoms with van der Waals surface area (Å²) in [6, 6.07) is 0. The van der Waals surface area contributed by atoms with Crippen LogP contribution < -0.4 is 0 Å². The van der Waals surface area contributed by atoms with Gasteiger partial charge >= 0.3 is 12.9 Å². The monoisotopic (exact) mass is 440 g/mol. The van der Waals surface area contributed by atoms with Gasteiger partial charge in [0.15, 0.2) is 0 Å². The highest BCUT2D eigenvalue weighted by molar-refractivity contribution is 5.25. The van der Waals surface area contributed by atoms with Crippen molar-refractivity contribution in [3.8, 4) is 0 Å². The molecule has 0 aromatic carbocycles.